The summed E-state index contributed by atoms with van der Waals surface area (Å²) in [5, 5.41) is 7.03. The quantitative estimate of drug-likeness (QED) is 0.459. The normalized spacial score (nSPS) is 16.4. The van der Waals surface area contributed by atoms with Crippen molar-refractivity contribution in [2.75, 3.05) is 18.0 Å². The number of benzene rings is 1. The Bertz CT molecular complexity index is 1290. The number of aryl methyl sites for hydroxylation is 2. The summed E-state index contributed by atoms with van der Waals surface area (Å²) in [6.45, 7) is 5.38. The lowest BCUT2D eigenvalue weighted by molar-refractivity contribution is 0.0968. The van der Waals surface area contributed by atoms with E-state index in [1.54, 1.807) is 41.5 Å². The predicted octanol–water partition coefficient (Wildman–Crippen LogP) is 4.97. The zero-order valence-electron chi connectivity index (χ0n) is 17.8. The lowest BCUT2D eigenvalue weighted by Gasteiger charge is -2.34. The second kappa shape index (κ2) is 8.65. The van der Waals surface area contributed by atoms with Gasteiger partial charge in [0, 0.05) is 28.4 Å². The Morgan fingerprint density at radius 1 is 1.28 bits per heavy atom. The number of rotatable bonds is 4. The highest BCUT2D eigenvalue weighted by Gasteiger charge is 2.32. The van der Waals surface area contributed by atoms with Crippen LogP contribution < -0.4 is 10.2 Å². The van der Waals surface area contributed by atoms with E-state index in [4.69, 9.17) is 0 Å². The molecule has 4 heterocycles. The van der Waals surface area contributed by atoms with Crippen LogP contribution in [0.15, 0.2) is 35.8 Å². The van der Waals surface area contributed by atoms with Gasteiger partial charge in [0.15, 0.2) is 0 Å². The van der Waals surface area contributed by atoms with Crippen LogP contribution in [0.25, 0.3) is 20.7 Å². The van der Waals surface area contributed by atoms with Crippen LogP contribution in [0, 0.1) is 19.7 Å². The average molecular weight is 468 g/mol. The third kappa shape index (κ3) is 3.80. The topological polar surface area (TPSA) is 71.0 Å². The molecule has 5 rings (SSSR count). The van der Waals surface area contributed by atoms with Gasteiger partial charge in [0.1, 0.15) is 22.5 Å². The molecule has 3 aromatic heterocycles. The van der Waals surface area contributed by atoms with Crippen molar-refractivity contribution in [2.24, 2.45) is 0 Å². The average Bonchev–Trinajstić information content (AvgIpc) is 3.41. The standard InChI is InChI=1S/C23H22FN5OS2/c1-13-12-31-19-7-9-26-21(20(13)19)29(16-4-3-8-25-11-16)23(30)17-6-5-15(10-18(17)24)22-27-14(2)28-32-22/h5-7,9-10,12,16,25H,3-4,8,11H2,1-2H3/t16-/m1/s1. The van der Waals surface area contributed by atoms with E-state index in [0.29, 0.717) is 28.8 Å². The molecule has 0 saturated carbocycles. The van der Waals surface area contributed by atoms with E-state index in [1.165, 1.54) is 17.6 Å². The highest BCUT2D eigenvalue weighted by atomic mass is 32.1. The molecule has 1 aromatic carbocycles. The lowest BCUT2D eigenvalue weighted by atomic mass is 10.0. The van der Waals surface area contributed by atoms with Crippen molar-refractivity contribution in [3.05, 3.63) is 58.6 Å². The molecule has 0 aliphatic carbocycles. The fourth-order valence-corrected chi connectivity index (χ4v) is 5.75. The Kier molecular flexibility index (Phi) is 5.71. The minimum Gasteiger partial charge on any atom is -0.315 e. The fourth-order valence-electron chi connectivity index (χ4n) is 4.15. The summed E-state index contributed by atoms with van der Waals surface area (Å²) in [4.78, 5) is 24.4. The Balaban J connectivity index is 1.59. The van der Waals surface area contributed by atoms with Gasteiger partial charge in [-0.15, -0.1) is 11.3 Å². The first-order valence-electron chi connectivity index (χ1n) is 10.5. The molecule has 0 radical (unpaired) electrons. The molecule has 4 aromatic rings. The first-order chi connectivity index (χ1) is 15.5. The number of nitrogens with one attached hydrogen (secondary N) is 1. The number of fused-ring (bicyclic) bond motifs is 1. The number of anilines is 1. The maximum atomic E-state index is 15.2. The smallest absolute Gasteiger partial charge is 0.262 e. The first kappa shape index (κ1) is 21.1. The molecule has 6 nitrogen and oxygen atoms in total. The van der Waals surface area contributed by atoms with Crippen molar-refractivity contribution in [3.63, 3.8) is 0 Å². The highest BCUT2D eigenvalue weighted by Crippen LogP contribution is 2.35. The van der Waals surface area contributed by atoms with E-state index in [0.717, 1.165) is 35.0 Å². The molecule has 1 aliphatic rings. The van der Waals surface area contributed by atoms with Crippen LogP contribution in [-0.4, -0.2) is 39.4 Å². The number of nitrogens with zero attached hydrogens (tertiary/aromatic N) is 4. The molecule has 0 spiro atoms. The van der Waals surface area contributed by atoms with Gasteiger partial charge < -0.3 is 5.32 Å². The van der Waals surface area contributed by atoms with Crippen molar-refractivity contribution in [3.8, 4) is 10.6 Å². The highest BCUT2D eigenvalue weighted by molar-refractivity contribution is 7.17. The molecule has 1 aliphatic heterocycles. The minimum absolute atomic E-state index is 0.0345. The van der Waals surface area contributed by atoms with E-state index < -0.39 is 5.82 Å². The number of pyridine rings is 1. The monoisotopic (exact) mass is 467 g/mol. The van der Waals surface area contributed by atoms with Crippen LogP contribution in [-0.2, 0) is 0 Å². The van der Waals surface area contributed by atoms with Crippen LogP contribution in [0.4, 0.5) is 10.2 Å². The van der Waals surface area contributed by atoms with E-state index in [1.807, 2.05) is 13.0 Å². The van der Waals surface area contributed by atoms with Crippen molar-refractivity contribution >= 4 is 44.7 Å². The summed E-state index contributed by atoms with van der Waals surface area (Å²) < 4.78 is 20.5. The molecular weight excluding hydrogens is 445 g/mol. The lowest BCUT2D eigenvalue weighted by Crippen LogP contribution is -2.49. The van der Waals surface area contributed by atoms with Crippen LogP contribution >= 0.6 is 22.9 Å². The van der Waals surface area contributed by atoms with Gasteiger partial charge in [0.2, 0.25) is 0 Å². The Labute approximate surface area is 193 Å². The molecule has 32 heavy (non-hydrogen) atoms. The third-order valence-corrected chi connectivity index (χ3v) is 7.63. The molecule has 164 valence electrons. The van der Waals surface area contributed by atoms with Gasteiger partial charge in [-0.3, -0.25) is 9.69 Å². The number of amides is 1. The summed E-state index contributed by atoms with van der Waals surface area (Å²) in [6, 6.07) is 6.51. The Morgan fingerprint density at radius 2 is 2.16 bits per heavy atom. The summed E-state index contributed by atoms with van der Waals surface area (Å²) in [7, 11) is 0. The Hall–Kier alpha value is -2.75. The fraction of sp³-hybridized carbons (Fsp3) is 0.304. The van der Waals surface area contributed by atoms with Gasteiger partial charge in [-0.2, -0.15) is 4.37 Å². The van der Waals surface area contributed by atoms with E-state index >= 15 is 4.39 Å². The molecule has 1 saturated heterocycles. The van der Waals surface area contributed by atoms with E-state index in [9.17, 15) is 4.79 Å². The molecule has 1 fully saturated rings. The van der Waals surface area contributed by atoms with Crippen LogP contribution in [0.1, 0.15) is 34.6 Å². The van der Waals surface area contributed by atoms with Crippen molar-refractivity contribution in [2.45, 2.75) is 32.7 Å². The second-order valence-electron chi connectivity index (χ2n) is 7.94. The van der Waals surface area contributed by atoms with Gasteiger partial charge in [0.25, 0.3) is 5.91 Å². The van der Waals surface area contributed by atoms with E-state index in [2.05, 4.69) is 25.0 Å². The van der Waals surface area contributed by atoms with E-state index in [-0.39, 0.29) is 17.5 Å². The molecule has 9 heteroatoms. The zero-order chi connectivity index (χ0) is 22.2. The van der Waals surface area contributed by atoms with Gasteiger partial charge in [-0.05, 0) is 73.9 Å². The summed E-state index contributed by atoms with van der Waals surface area (Å²) in [6.07, 6.45) is 3.51. The zero-order valence-corrected chi connectivity index (χ0v) is 19.4. The molecule has 1 N–H and O–H groups in total. The predicted molar refractivity (Wildman–Crippen MR) is 127 cm³/mol. The maximum Gasteiger partial charge on any atom is 0.262 e. The molecule has 1 amide bonds. The van der Waals surface area contributed by atoms with Gasteiger partial charge in [0.05, 0.1) is 11.6 Å². The molecule has 0 unspecified atom stereocenters. The van der Waals surface area contributed by atoms with Crippen LogP contribution in [0.2, 0.25) is 0 Å². The number of thiophene rings is 1. The first-order valence-corrected chi connectivity index (χ1v) is 12.2. The van der Waals surface area contributed by atoms with Crippen molar-refractivity contribution in [1.82, 2.24) is 19.7 Å². The molecule has 0 bridgehead atoms. The largest absolute Gasteiger partial charge is 0.315 e. The number of piperidine rings is 1. The van der Waals surface area contributed by atoms with Gasteiger partial charge in [-0.25, -0.2) is 14.4 Å². The molecule has 1 atom stereocenters. The molecular formula is C23H22FN5OS2. The van der Waals surface area contributed by atoms with Crippen LogP contribution in [0.5, 0.6) is 0 Å². The number of halogens is 1. The number of hydrogen-bond acceptors (Lipinski definition) is 7. The summed E-state index contributed by atoms with van der Waals surface area (Å²) in [5.74, 6) is 0.306. The minimum atomic E-state index is -0.566. The Morgan fingerprint density at radius 3 is 2.88 bits per heavy atom. The second-order valence-corrected chi connectivity index (χ2v) is 9.61. The number of carbonyl (C=O) groups is 1. The van der Waals surface area contributed by atoms with Crippen molar-refractivity contribution < 1.29 is 9.18 Å². The van der Waals surface area contributed by atoms with Crippen LogP contribution in [0.3, 0.4) is 0 Å². The summed E-state index contributed by atoms with van der Waals surface area (Å²) in [5.41, 5.74) is 1.72. The van der Waals surface area contributed by atoms with Gasteiger partial charge in [-0.1, -0.05) is 6.07 Å². The van der Waals surface area contributed by atoms with Gasteiger partial charge >= 0.3 is 0 Å². The maximum absolute atomic E-state index is 15.2. The number of carbonyl (C=O) groups excluding carboxylic acids is 1. The summed E-state index contributed by atoms with van der Waals surface area (Å²) >= 11 is 2.84. The number of aromatic nitrogens is 3. The SMILES string of the molecule is Cc1nsc(-c2ccc(C(=O)N(c3nccc4scc(C)c34)[C@@H]3CCCNC3)c(F)c2)n1. The number of hydrogen-bond donors (Lipinski definition) is 1. The van der Waals surface area contributed by atoms with Crippen molar-refractivity contribution in [1.29, 1.82) is 0 Å². The third-order valence-electron chi connectivity index (χ3n) is 5.71.